The van der Waals surface area contributed by atoms with Crippen LogP contribution in [0.5, 0.6) is 0 Å². The Kier molecular flexibility index (Phi) is 3.96. The van der Waals surface area contributed by atoms with Gasteiger partial charge in [0, 0.05) is 0 Å². The first-order valence-electron chi connectivity index (χ1n) is 5.39. The molecule has 1 N–H and O–H groups in total. The van der Waals surface area contributed by atoms with E-state index in [0.29, 0.717) is 18.1 Å². The smallest absolute Gasteiger partial charge is 0.268 e. The molecule has 0 aliphatic rings. The maximum absolute atomic E-state index is 9.75. The van der Waals surface area contributed by atoms with Gasteiger partial charge >= 0.3 is 0 Å². The molecule has 17 heavy (non-hydrogen) atoms. The molecule has 0 saturated heterocycles. The molecule has 4 nitrogen and oxygen atoms in total. The van der Waals surface area contributed by atoms with E-state index in [-0.39, 0.29) is 0 Å². The lowest BCUT2D eigenvalue weighted by molar-refractivity contribution is 0.153. The van der Waals surface area contributed by atoms with E-state index in [4.69, 9.17) is 4.52 Å². The molecular weight excluding hydrogens is 304 g/mol. The van der Waals surface area contributed by atoms with Gasteiger partial charge in [0.25, 0.3) is 5.89 Å². The van der Waals surface area contributed by atoms with Crippen LogP contribution in [0.1, 0.15) is 37.3 Å². The maximum Gasteiger partial charge on any atom is 0.268 e. The largest absolute Gasteiger partial charge is 0.385 e. The number of thiophene rings is 1. The van der Waals surface area contributed by atoms with Gasteiger partial charge in [0.1, 0.15) is 6.10 Å². The molecule has 0 bridgehead atoms. The molecule has 2 rings (SSSR count). The fourth-order valence-electron chi connectivity index (χ4n) is 1.44. The van der Waals surface area contributed by atoms with Gasteiger partial charge < -0.3 is 9.63 Å². The van der Waals surface area contributed by atoms with Crippen molar-refractivity contribution in [1.82, 2.24) is 10.1 Å². The summed E-state index contributed by atoms with van der Waals surface area (Å²) in [5.74, 6) is 0.831. The molecule has 0 radical (unpaired) electrons. The Bertz CT molecular complexity index is 490. The van der Waals surface area contributed by atoms with Crippen molar-refractivity contribution >= 4 is 27.3 Å². The van der Waals surface area contributed by atoms with Crippen molar-refractivity contribution in [3.63, 3.8) is 0 Å². The molecular formula is C11H13BrN2O2S. The quantitative estimate of drug-likeness (QED) is 0.934. The molecule has 2 heterocycles. The van der Waals surface area contributed by atoms with Crippen molar-refractivity contribution in [1.29, 1.82) is 0 Å². The zero-order valence-electron chi connectivity index (χ0n) is 9.61. The molecule has 92 valence electrons. The van der Waals surface area contributed by atoms with Crippen LogP contribution in [0.3, 0.4) is 0 Å². The third kappa shape index (κ3) is 2.75. The highest BCUT2D eigenvalue weighted by molar-refractivity contribution is 9.11. The lowest BCUT2D eigenvalue weighted by Gasteiger charge is -2.00. The van der Waals surface area contributed by atoms with Crippen molar-refractivity contribution in [2.24, 2.45) is 0 Å². The summed E-state index contributed by atoms with van der Waals surface area (Å²) in [5.41, 5.74) is 1.14. The summed E-state index contributed by atoms with van der Waals surface area (Å²) in [6.45, 7) is 4.01. The third-order valence-corrected chi connectivity index (χ3v) is 4.49. The average molecular weight is 317 g/mol. The van der Waals surface area contributed by atoms with Crippen molar-refractivity contribution in [3.05, 3.63) is 21.2 Å². The predicted octanol–water partition coefficient (Wildman–Crippen LogP) is 3.70. The van der Waals surface area contributed by atoms with Gasteiger partial charge in [-0.25, -0.2) is 0 Å². The highest BCUT2D eigenvalue weighted by Gasteiger charge is 2.17. The van der Waals surface area contributed by atoms with E-state index < -0.39 is 6.10 Å². The van der Waals surface area contributed by atoms with E-state index in [1.54, 1.807) is 11.3 Å². The Morgan fingerprint density at radius 2 is 2.35 bits per heavy atom. The van der Waals surface area contributed by atoms with Crippen molar-refractivity contribution in [2.45, 2.75) is 32.8 Å². The molecule has 6 heteroatoms. The molecule has 0 saturated carbocycles. The van der Waals surface area contributed by atoms with Crippen LogP contribution >= 0.6 is 27.3 Å². The molecule has 2 aromatic heterocycles. The number of aryl methyl sites for hydroxylation is 1. The summed E-state index contributed by atoms with van der Waals surface area (Å²) in [4.78, 5) is 5.13. The normalized spacial score (nSPS) is 12.9. The van der Waals surface area contributed by atoms with E-state index in [0.717, 1.165) is 20.6 Å². The summed E-state index contributed by atoms with van der Waals surface area (Å²) in [6.07, 6.45) is 0.892. The van der Waals surface area contributed by atoms with Crippen LogP contribution in [0, 0.1) is 6.92 Å². The van der Waals surface area contributed by atoms with E-state index in [2.05, 4.69) is 26.1 Å². The van der Waals surface area contributed by atoms with Crippen LogP contribution < -0.4 is 0 Å². The summed E-state index contributed by atoms with van der Waals surface area (Å²) >= 11 is 5.00. The second-order valence-corrected chi connectivity index (χ2v) is 6.20. The first kappa shape index (κ1) is 12.7. The molecule has 0 spiro atoms. The van der Waals surface area contributed by atoms with Crippen molar-refractivity contribution in [3.8, 4) is 10.8 Å². The van der Waals surface area contributed by atoms with Crippen LogP contribution in [-0.4, -0.2) is 15.2 Å². The molecule has 0 aliphatic carbocycles. The minimum Gasteiger partial charge on any atom is -0.385 e. The standard InChI is InChI=1S/C11H13BrN2O2S/c1-3-4-7(15)10-13-11(16-14-10)8-5-6(2)9(12)17-8/h5,7,15H,3-4H2,1-2H3. The zero-order chi connectivity index (χ0) is 12.4. The fraction of sp³-hybridized carbons (Fsp3) is 0.455. The topological polar surface area (TPSA) is 59.2 Å². The maximum atomic E-state index is 9.75. The Balaban J connectivity index is 2.23. The zero-order valence-corrected chi connectivity index (χ0v) is 12.0. The number of nitrogens with zero attached hydrogens (tertiary/aromatic N) is 2. The Morgan fingerprint density at radius 1 is 1.59 bits per heavy atom. The molecule has 0 aliphatic heterocycles. The monoisotopic (exact) mass is 316 g/mol. The second-order valence-electron chi connectivity index (χ2n) is 3.83. The number of hydrogen-bond acceptors (Lipinski definition) is 5. The van der Waals surface area contributed by atoms with Crippen LogP contribution in [-0.2, 0) is 0 Å². The summed E-state index contributed by atoms with van der Waals surface area (Å²) in [5, 5.41) is 13.6. The lowest BCUT2D eigenvalue weighted by Crippen LogP contribution is -1.98. The minimum atomic E-state index is -0.637. The highest BCUT2D eigenvalue weighted by atomic mass is 79.9. The minimum absolute atomic E-state index is 0.365. The molecule has 2 aromatic rings. The van der Waals surface area contributed by atoms with Gasteiger partial charge in [-0.1, -0.05) is 18.5 Å². The van der Waals surface area contributed by atoms with Gasteiger partial charge in [-0.05, 0) is 40.9 Å². The predicted molar refractivity (Wildman–Crippen MR) is 69.9 cm³/mol. The van der Waals surface area contributed by atoms with Gasteiger partial charge in [0.05, 0.1) is 8.66 Å². The number of aliphatic hydroxyl groups excluding tert-OH is 1. The van der Waals surface area contributed by atoms with Gasteiger partial charge in [-0.2, -0.15) is 4.98 Å². The number of hydrogen-bond donors (Lipinski definition) is 1. The van der Waals surface area contributed by atoms with Crippen molar-refractivity contribution in [2.75, 3.05) is 0 Å². The number of aliphatic hydroxyl groups is 1. The van der Waals surface area contributed by atoms with E-state index in [1.807, 2.05) is 19.9 Å². The third-order valence-electron chi connectivity index (χ3n) is 2.37. The van der Waals surface area contributed by atoms with Crippen molar-refractivity contribution < 1.29 is 9.63 Å². The van der Waals surface area contributed by atoms with Crippen LogP contribution in [0.2, 0.25) is 0 Å². The molecule has 1 atom stereocenters. The molecule has 1 unspecified atom stereocenters. The average Bonchev–Trinajstić information content (AvgIpc) is 2.87. The summed E-state index contributed by atoms with van der Waals surface area (Å²) in [7, 11) is 0. The molecule has 0 amide bonds. The second kappa shape index (κ2) is 5.29. The number of rotatable bonds is 4. The van der Waals surface area contributed by atoms with Gasteiger partial charge in [0.15, 0.2) is 0 Å². The van der Waals surface area contributed by atoms with Gasteiger partial charge in [0.2, 0.25) is 5.82 Å². The Labute approximate surface area is 112 Å². The van der Waals surface area contributed by atoms with Gasteiger partial charge in [-0.3, -0.25) is 0 Å². The SMILES string of the molecule is CCCC(O)c1noc(-c2cc(C)c(Br)s2)n1. The summed E-state index contributed by atoms with van der Waals surface area (Å²) < 4.78 is 6.21. The number of halogens is 1. The Morgan fingerprint density at radius 3 is 2.94 bits per heavy atom. The summed E-state index contributed by atoms with van der Waals surface area (Å²) in [6, 6.07) is 1.98. The first-order chi connectivity index (χ1) is 8.11. The fourth-order valence-corrected chi connectivity index (χ4v) is 2.89. The molecule has 0 fully saturated rings. The number of aromatic nitrogens is 2. The van der Waals surface area contributed by atoms with Gasteiger partial charge in [-0.15, -0.1) is 11.3 Å². The van der Waals surface area contributed by atoms with Crippen LogP contribution in [0.25, 0.3) is 10.8 Å². The van der Waals surface area contributed by atoms with E-state index >= 15 is 0 Å². The van der Waals surface area contributed by atoms with E-state index in [1.165, 1.54) is 0 Å². The van der Waals surface area contributed by atoms with Crippen LogP contribution in [0.4, 0.5) is 0 Å². The van der Waals surface area contributed by atoms with E-state index in [9.17, 15) is 5.11 Å². The molecule has 0 aromatic carbocycles. The first-order valence-corrected chi connectivity index (χ1v) is 7.00. The lowest BCUT2D eigenvalue weighted by atomic mass is 10.2. The van der Waals surface area contributed by atoms with Crippen LogP contribution in [0.15, 0.2) is 14.4 Å². The highest BCUT2D eigenvalue weighted by Crippen LogP contribution is 2.34. The Hall–Kier alpha value is -0.720.